The summed E-state index contributed by atoms with van der Waals surface area (Å²) in [6.45, 7) is 7.97. The summed E-state index contributed by atoms with van der Waals surface area (Å²) in [5.41, 5.74) is 1.23. The van der Waals surface area contributed by atoms with Crippen LogP contribution in [0, 0.1) is 13.8 Å². The second kappa shape index (κ2) is 14.4. The molecule has 2 aliphatic heterocycles. The molecular formula is C28H46N4O6S. The number of amides is 2. The number of methoxy groups -OCH3 is 1. The molecule has 0 saturated carbocycles. The third-order valence-corrected chi connectivity index (χ3v) is 10.1. The molecule has 2 amide bonds. The van der Waals surface area contributed by atoms with Gasteiger partial charge in [-0.25, -0.2) is 8.42 Å². The normalized spacial score (nSPS) is 17.4. The van der Waals surface area contributed by atoms with Gasteiger partial charge in [0.15, 0.2) is 0 Å². The van der Waals surface area contributed by atoms with Gasteiger partial charge in [0.1, 0.15) is 12.4 Å². The minimum Gasteiger partial charge on any atom is -0.497 e. The number of nitrogens with zero attached hydrogens (tertiary/aromatic N) is 4. The van der Waals surface area contributed by atoms with Crippen LogP contribution >= 0.6 is 0 Å². The van der Waals surface area contributed by atoms with E-state index in [1.807, 2.05) is 4.90 Å². The van der Waals surface area contributed by atoms with Crippen molar-refractivity contribution in [2.75, 3.05) is 73.7 Å². The number of aryl methyl sites for hydroxylation is 2. The number of carbonyl (C=O) groups is 2. The molecule has 0 unspecified atom stereocenters. The molecule has 11 heteroatoms. The summed E-state index contributed by atoms with van der Waals surface area (Å²) in [7, 11) is 1.12. The number of piperidine rings is 2. The van der Waals surface area contributed by atoms with Crippen LogP contribution in [0.5, 0.6) is 5.75 Å². The first-order valence-corrected chi connectivity index (χ1v) is 15.4. The molecule has 2 heterocycles. The van der Waals surface area contributed by atoms with Gasteiger partial charge in [-0.3, -0.25) is 9.59 Å². The van der Waals surface area contributed by atoms with Gasteiger partial charge in [0, 0.05) is 52.7 Å². The molecule has 2 aliphatic rings. The molecule has 0 N–H and O–H groups in total. The second-order valence-electron chi connectivity index (χ2n) is 10.7. The van der Waals surface area contributed by atoms with Crippen molar-refractivity contribution in [3.63, 3.8) is 0 Å². The van der Waals surface area contributed by atoms with E-state index in [1.165, 1.54) is 30.6 Å². The number of sulfonamides is 1. The number of hydrogen-bond donors (Lipinski definition) is 0. The number of rotatable bonds is 12. The van der Waals surface area contributed by atoms with Gasteiger partial charge in [-0.05, 0) is 75.9 Å². The first-order valence-electron chi connectivity index (χ1n) is 14.0. The van der Waals surface area contributed by atoms with Crippen molar-refractivity contribution in [3.05, 3.63) is 23.3 Å². The molecule has 220 valence electrons. The zero-order chi connectivity index (χ0) is 28.6. The summed E-state index contributed by atoms with van der Waals surface area (Å²) in [5.74, 6) is 0.676. The molecule has 2 fully saturated rings. The lowest BCUT2D eigenvalue weighted by Gasteiger charge is -2.37. The van der Waals surface area contributed by atoms with Gasteiger partial charge in [0.2, 0.25) is 21.8 Å². The van der Waals surface area contributed by atoms with Crippen LogP contribution in [-0.4, -0.2) is 119 Å². The maximum Gasteiger partial charge on any atom is 0.248 e. The van der Waals surface area contributed by atoms with Crippen LogP contribution in [0.4, 0.5) is 0 Å². The van der Waals surface area contributed by atoms with E-state index >= 15 is 0 Å². The summed E-state index contributed by atoms with van der Waals surface area (Å²) >= 11 is 0. The molecule has 39 heavy (non-hydrogen) atoms. The largest absolute Gasteiger partial charge is 0.497 e. The molecule has 1 aromatic carbocycles. The van der Waals surface area contributed by atoms with Gasteiger partial charge < -0.3 is 24.2 Å². The zero-order valence-corrected chi connectivity index (χ0v) is 25.1. The van der Waals surface area contributed by atoms with Gasteiger partial charge in [0.25, 0.3) is 0 Å². The molecule has 0 bridgehead atoms. The summed E-state index contributed by atoms with van der Waals surface area (Å²) in [5, 5.41) is 0. The van der Waals surface area contributed by atoms with Crippen molar-refractivity contribution in [2.45, 2.75) is 63.3 Å². The van der Waals surface area contributed by atoms with Crippen molar-refractivity contribution in [1.29, 1.82) is 0 Å². The van der Waals surface area contributed by atoms with Gasteiger partial charge in [0.05, 0.1) is 18.6 Å². The third-order valence-electron chi connectivity index (χ3n) is 7.96. The molecule has 0 atom stereocenters. The van der Waals surface area contributed by atoms with Crippen molar-refractivity contribution < 1.29 is 27.5 Å². The van der Waals surface area contributed by atoms with Crippen LogP contribution < -0.4 is 4.74 Å². The number of likely N-dealkylation sites (N-methyl/N-ethyl adjacent to an activating group) is 2. The monoisotopic (exact) mass is 566 g/mol. The highest BCUT2D eigenvalue weighted by Gasteiger charge is 2.28. The Morgan fingerprint density at radius 1 is 1.00 bits per heavy atom. The predicted molar refractivity (Wildman–Crippen MR) is 150 cm³/mol. The van der Waals surface area contributed by atoms with Crippen LogP contribution in [0.3, 0.4) is 0 Å². The summed E-state index contributed by atoms with van der Waals surface area (Å²) < 4.78 is 38.3. The predicted octanol–water partition coefficient (Wildman–Crippen LogP) is 2.27. The van der Waals surface area contributed by atoms with Crippen molar-refractivity contribution in [3.8, 4) is 5.75 Å². The highest BCUT2D eigenvalue weighted by molar-refractivity contribution is 7.89. The SMILES string of the molecule is COc1cc(C)c(S(=O)(=O)N(C)CCOCC(=O)N(C)C2CCN(C(=O)CCN3CCCCC3)CC2)c(C)c1. The fourth-order valence-corrected chi connectivity index (χ4v) is 7.02. The quantitative estimate of drug-likeness (QED) is 0.358. The van der Waals surface area contributed by atoms with E-state index in [1.54, 1.807) is 45.0 Å². The van der Waals surface area contributed by atoms with Crippen LogP contribution in [0.2, 0.25) is 0 Å². The van der Waals surface area contributed by atoms with E-state index in [9.17, 15) is 18.0 Å². The molecule has 0 spiro atoms. The minimum atomic E-state index is -3.72. The highest BCUT2D eigenvalue weighted by Crippen LogP contribution is 2.27. The van der Waals surface area contributed by atoms with Crippen molar-refractivity contribution in [1.82, 2.24) is 19.0 Å². The lowest BCUT2D eigenvalue weighted by Crippen LogP contribution is -2.48. The lowest BCUT2D eigenvalue weighted by atomic mass is 10.0. The van der Waals surface area contributed by atoms with Gasteiger partial charge in [-0.15, -0.1) is 0 Å². The van der Waals surface area contributed by atoms with Gasteiger partial charge in [-0.2, -0.15) is 4.31 Å². The molecule has 10 nitrogen and oxygen atoms in total. The average molecular weight is 567 g/mol. The Morgan fingerprint density at radius 3 is 2.21 bits per heavy atom. The van der Waals surface area contributed by atoms with E-state index in [0.29, 0.717) is 36.4 Å². The first kappa shape index (κ1) is 31.3. The van der Waals surface area contributed by atoms with Gasteiger partial charge in [-0.1, -0.05) is 6.42 Å². The Hall–Kier alpha value is -2.21. The van der Waals surface area contributed by atoms with Crippen LogP contribution in [0.15, 0.2) is 17.0 Å². The summed E-state index contributed by atoms with van der Waals surface area (Å²) in [4.78, 5) is 31.7. The van der Waals surface area contributed by atoms with E-state index in [2.05, 4.69) is 4.90 Å². The smallest absolute Gasteiger partial charge is 0.248 e. The Balaban J connectivity index is 1.38. The number of ether oxygens (including phenoxy) is 2. The summed E-state index contributed by atoms with van der Waals surface area (Å²) in [6, 6.07) is 3.47. The van der Waals surface area contributed by atoms with Crippen molar-refractivity contribution >= 4 is 21.8 Å². The molecule has 2 saturated heterocycles. The van der Waals surface area contributed by atoms with E-state index in [4.69, 9.17) is 9.47 Å². The maximum absolute atomic E-state index is 13.1. The summed E-state index contributed by atoms with van der Waals surface area (Å²) in [6.07, 6.45) is 5.80. The average Bonchev–Trinajstić information content (AvgIpc) is 2.93. The fourth-order valence-electron chi connectivity index (χ4n) is 5.47. The Labute approximate surface area is 234 Å². The number of hydrogen-bond acceptors (Lipinski definition) is 7. The first-order chi connectivity index (χ1) is 18.5. The van der Waals surface area contributed by atoms with Crippen molar-refractivity contribution in [2.24, 2.45) is 0 Å². The molecule has 1 aromatic rings. The minimum absolute atomic E-state index is 0.0660. The standard InChI is InChI=1S/C28H46N4O6S/c1-22-19-25(37-5)20-23(2)28(22)39(35,36)29(3)17-18-38-21-27(34)30(4)24-9-15-32(16-10-24)26(33)11-14-31-12-7-6-8-13-31/h19-20,24H,6-18,21H2,1-5H3. The Kier molecular flexibility index (Phi) is 11.6. The van der Waals surface area contributed by atoms with Crippen LogP contribution in [-0.2, 0) is 24.3 Å². The maximum atomic E-state index is 13.1. The fraction of sp³-hybridized carbons (Fsp3) is 0.714. The number of benzene rings is 1. The third kappa shape index (κ3) is 8.39. The Morgan fingerprint density at radius 2 is 1.62 bits per heavy atom. The van der Waals surface area contributed by atoms with E-state index < -0.39 is 10.0 Å². The molecular weight excluding hydrogens is 520 g/mol. The molecule has 3 rings (SSSR count). The lowest BCUT2D eigenvalue weighted by molar-refractivity contribution is -0.139. The van der Waals surface area contributed by atoms with Gasteiger partial charge >= 0.3 is 0 Å². The van der Waals surface area contributed by atoms with Crippen LogP contribution in [0.1, 0.15) is 49.7 Å². The molecule has 0 aliphatic carbocycles. The van der Waals surface area contributed by atoms with E-state index in [0.717, 1.165) is 32.5 Å². The number of likely N-dealkylation sites (tertiary alicyclic amines) is 2. The zero-order valence-electron chi connectivity index (χ0n) is 24.3. The van der Waals surface area contributed by atoms with Crippen LogP contribution in [0.25, 0.3) is 0 Å². The topological polar surface area (TPSA) is 99.7 Å². The second-order valence-corrected chi connectivity index (χ2v) is 12.7. The highest BCUT2D eigenvalue weighted by atomic mass is 32.2. The number of carbonyl (C=O) groups excluding carboxylic acids is 2. The molecule has 0 radical (unpaired) electrons. The molecule has 0 aromatic heterocycles. The Bertz CT molecular complexity index is 1060. The van der Waals surface area contributed by atoms with E-state index in [-0.39, 0.29) is 42.5 Å².